The predicted octanol–water partition coefficient (Wildman–Crippen LogP) is 4.34. The van der Waals surface area contributed by atoms with Crippen molar-refractivity contribution in [3.8, 4) is 0 Å². The van der Waals surface area contributed by atoms with Gasteiger partial charge < -0.3 is 15.7 Å². The van der Waals surface area contributed by atoms with Crippen LogP contribution >= 0.6 is 0 Å². The molecule has 36 heavy (non-hydrogen) atoms. The topological polar surface area (TPSA) is 125 Å². The Morgan fingerprint density at radius 2 is 1.53 bits per heavy atom. The Kier molecular flexibility index (Phi) is 8.15. The molecule has 13 heteroatoms. The maximum atomic E-state index is 12.3. The normalized spacial score (nSPS) is 12.9. The summed E-state index contributed by atoms with van der Waals surface area (Å²) in [5.41, 5.74) is 4.44. The largest absolute Gasteiger partial charge is 0.490 e. The third-order valence-corrected chi connectivity index (χ3v) is 6.98. The number of aryl methyl sites for hydroxylation is 2. The Morgan fingerprint density at radius 3 is 2.11 bits per heavy atom. The number of rotatable bonds is 6. The van der Waals surface area contributed by atoms with E-state index in [1.807, 2.05) is 0 Å². The maximum absolute atomic E-state index is 12.3. The van der Waals surface area contributed by atoms with Crippen LogP contribution < -0.4 is 10.6 Å². The first kappa shape index (κ1) is 26.9. The molecule has 1 aliphatic carbocycles. The minimum absolute atomic E-state index is 0.220. The van der Waals surface area contributed by atoms with Crippen LogP contribution in [0.25, 0.3) is 0 Å². The summed E-state index contributed by atoms with van der Waals surface area (Å²) in [7, 11) is -0.476. The van der Waals surface area contributed by atoms with Gasteiger partial charge in [0.1, 0.15) is 18.0 Å². The number of alkyl halides is 3. The number of carboxylic acid groups (broad SMARTS) is 1. The van der Waals surface area contributed by atoms with Crippen molar-refractivity contribution >= 4 is 39.0 Å². The summed E-state index contributed by atoms with van der Waals surface area (Å²) in [5.74, 6) is -1.52. The summed E-state index contributed by atoms with van der Waals surface area (Å²) < 4.78 is 57.6. The number of anilines is 4. The lowest BCUT2D eigenvalue weighted by Crippen LogP contribution is -2.22. The van der Waals surface area contributed by atoms with Gasteiger partial charge in [0.05, 0.1) is 4.90 Å². The van der Waals surface area contributed by atoms with E-state index in [1.54, 1.807) is 30.3 Å². The summed E-state index contributed by atoms with van der Waals surface area (Å²) >= 11 is 0. The average molecular weight is 524 g/mol. The van der Waals surface area contributed by atoms with Gasteiger partial charge in [0.2, 0.25) is 10.0 Å². The van der Waals surface area contributed by atoms with Gasteiger partial charge in [-0.2, -0.15) is 13.2 Å². The van der Waals surface area contributed by atoms with Gasteiger partial charge >= 0.3 is 12.1 Å². The molecular formula is C23H24F3N5O4S. The fourth-order valence-electron chi connectivity index (χ4n) is 3.38. The van der Waals surface area contributed by atoms with Gasteiger partial charge in [0, 0.05) is 31.5 Å². The van der Waals surface area contributed by atoms with Crippen LogP contribution in [0.1, 0.15) is 17.5 Å². The van der Waals surface area contributed by atoms with E-state index in [4.69, 9.17) is 9.90 Å². The van der Waals surface area contributed by atoms with Gasteiger partial charge in [-0.25, -0.2) is 27.5 Å². The van der Waals surface area contributed by atoms with Crippen molar-refractivity contribution in [1.29, 1.82) is 0 Å². The molecule has 1 aromatic heterocycles. The summed E-state index contributed by atoms with van der Waals surface area (Å²) in [6.07, 6.45) is -0.130. The lowest BCUT2D eigenvalue weighted by Gasteiger charge is -2.13. The smallest absolute Gasteiger partial charge is 0.475 e. The quantitative estimate of drug-likeness (QED) is 0.436. The number of hydrogen-bond donors (Lipinski definition) is 3. The molecule has 0 aliphatic heterocycles. The second kappa shape index (κ2) is 10.9. The minimum Gasteiger partial charge on any atom is -0.475 e. The molecule has 4 rings (SSSR count). The van der Waals surface area contributed by atoms with E-state index in [2.05, 4.69) is 38.8 Å². The molecule has 0 unspecified atom stereocenters. The van der Waals surface area contributed by atoms with E-state index >= 15 is 0 Å². The zero-order valence-corrected chi connectivity index (χ0v) is 20.2. The summed E-state index contributed by atoms with van der Waals surface area (Å²) in [4.78, 5) is 17.6. The molecule has 192 valence electrons. The van der Waals surface area contributed by atoms with Crippen LogP contribution in [0.3, 0.4) is 0 Å². The molecule has 9 nitrogen and oxygen atoms in total. The van der Waals surface area contributed by atoms with Crippen molar-refractivity contribution in [3.05, 3.63) is 66.0 Å². The Bertz CT molecular complexity index is 1350. The Morgan fingerprint density at radius 1 is 0.944 bits per heavy atom. The van der Waals surface area contributed by atoms with Crippen LogP contribution in [0.4, 0.5) is 36.2 Å². The number of fused-ring (bicyclic) bond motifs is 1. The number of halogens is 3. The van der Waals surface area contributed by atoms with Crippen LogP contribution in [0, 0.1) is 0 Å². The number of hydrogen-bond acceptors (Lipinski definition) is 7. The molecule has 0 bridgehead atoms. The first-order valence-electron chi connectivity index (χ1n) is 10.7. The number of aliphatic carboxylic acids is 1. The number of nitrogens with one attached hydrogen (secondary N) is 2. The Hall–Kier alpha value is -3.71. The van der Waals surface area contributed by atoms with E-state index in [9.17, 15) is 21.6 Å². The van der Waals surface area contributed by atoms with Crippen LogP contribution in [0.2, 0.25) is 0 Å². The molecule has 3 N–H and O–H groups in total. The molecule has 1 heterocycles. The molecule has 3 aromatic rings. The zero-order chi connectivity index (χ0) is 26.5. The molecule has 0 saturated carbocycles. The number of carbonyl (C=O) groups is 1. The zero-order valence-electron chi connectivity index (χ0n) is 19.4. The summed E-state index contributed by atoms with van der Waals surface area (Å²) in [5, 5.41) is 13.6. The van der Waals surface area contributed by atoms with Gasteiger partial charge in [0.15, 0.2) is 0 Å². The molecular weight excluding hydrogens is 499 g/mol. The molecule has 0 fully saturated rings. The molecule has 0 saturated heterocycles. The van der Waals surface area contributed by atoms with Crippen molar-refractivity contribution in [2.24, 2.45) is 0 Å². The number of sulfonamides is 1. The van der Waals surface area contributed by atoms with Crippen LogP contribution in [-0.2, 0) is 27.7 Å². The fourth-order valence-corrected chi connectivity index (χ4v) is 4.33. The highest BCUT2D eigenvalue weighted by Gasteiger charge is 2.38. The standard InChI is InChI=1S/C21H23N5O2S.C2HF3O2/c1-26(2)29(27,28)19-8-4-7-17(12-19)24-20-13-21(23-14-22-20)25-18-10-9-15-5-3-6-16(15)11-18;3-2(4,5)1(6)7/h4,7-14H,3,5-6H2,1-2H3,(H2,22,23,24,25);(H,6,7). The average Bonchev–Trinajstić information content (AvgIpc) is 3.27. The predicted molar refractivity (Wildman–Crippen MR) is 128 cm³/mol. The molecule has 0 spiro atoms. The highest BCUT2D eigenvalue weighted by atomic mass is 32.2. The van der Waals surface area contributed by atoms with E-state index in [0.717, 1.165) is 18.5 Å². The van der Waals surface area contributed by atoms with Gasteiger partial charge in [-0.05, 0) is 60.7 Å². The van der Waals surface area contributed by atoms with Gasteiger partial charge in [-0.15, -0.1) is 0 Å². The van der Waals surface area contributed by atoms with Crippen molar-refractivity contribution in [1.82, 2.24) is 14.3 Å². The second-order valence-corrected chi connectivity index (χ2v) is 10.1. The number of carboxylic acids is 1. The monoisotopic (exact) mass is 523 g/mol. The number of nitrogens with zero attached hydrogens (tertiary/aromatic N) is 3. The lowest BCUT2D eigenvalue weighted by atomic mass is 10.1. The van der Waals surface area contributed by atoms with Crippen molar-refractivity contribution in [2.75, 3.05) is 24.7 Å². The van der Waals surface area contributed by atoms with Crippen molar-refractivity contribution < 1.29 is 31.5 Å². The van der Waals surface area contributed by atoms with E-state index in [0.29, 0.717) is 17.3 Å². The minimum atomic E-state index is -5.08. The summed E-state index contributed by atoms with van der Waals surface area (Å²) in [6.45, 7) is 0. The van der Waals surface area contributed by atoms with Gasteiger partial charge in [0.25, 0.3) is 0 Å². The fraction of sp³-hybridized carbons (Fsp3) is 0.261. The number of benzene rings is 2. The van der Waals surface area contributed by atoms with Gasteiger partial charge in [-0.3, -0.25) is 0 Å². The Balaban J connectivity index is 0.000000454. The highest BCUT2D eigenvalue weighted by Crippen LogP contribution is 2.27. The second-order valence-electron chi connectivity index (χ2n) is 7.99. The Labute approximate surface area is 206 Å². The summed E-state index contributed by atoms with van der Waals surface area (Å²) in [6, 6.07) is 14.9. The number of aromatic nitrogens is 2. The SMILES string of the molecule is CN(C)S(=O)(=O)c1cccc(Nc2cc(Nc3ccc4c(c3)CCC4)ncn2)c1.O=C(O)C(F)(F)F. The first-order valence-corrected chi connectivity index (χ1v) is 12.1. The van der Waals surface area contributed by atoms with E-state index in [-0.39, 0.29) is 4.90 Å². The van der Waals surface area contributed by atoms with Crippen molar-refractivity contribution in [2.45, 2.75) is 30.3 Å². The van der Waals surface area contributed by atoms with Crippen molar-refractivity contribution in [3.63, 3.8) is 0 Å². The lowest BCUT2D eigenvalue weighted by molar-refractivity contribution is -0.192. The van der Waals surface area contributed by atoms with Gasteiger partial charge in [-0.1, -0.05) is 12.1 Å². The third kappa shape index (κ3) is 6.92. The maximum Gasteiger partial charge on any atom is 0.490 e. The first-order chi connectivity index (χ1) is 16.9. The van der Waals surface area contributed by atoms with Crippen LogP contribution in [0.15, 0.2) is 59.8 Å². The van der Waals surface area contributed by atoms with Crippen LogP contribution in [-0.4, -0.2) is 54.0 Å². The molecule has 2 aromatic carbocycles. The highest BCUT2D eigenvalue weighted by molar-refractivity contribution is 7.89. The van der Waals surface area contributed by atoms with Crippen LogP contribution in [0.5, 0.6) is 0 Å². The van der Waals surface area contributed by atoms with E-state index < -0.39 is 22.2 Å². The molecule has 1 aliphatic rings. The molecule has 0 radical (unpaired) electrons. The third-order valence-electron chi connectivity index (χ3n) is 5.17. The van der Waals surface area contributed by atoms with E-state index in [1.165, 1.54) is 42.3 Å². The molecule has 0 atom stereocenters. The molecule has 0 amide bonds.